The van der Waals surface area contributed by atoms with Gasteiger partial charge in [0.25, 0.3) is 0 Å². The van der Waals surface area contributed by atoms with Crippen molar-refractivity contribution >= 4 is 29.4 Å². The topological polar surface area (TPSA) is 0 Å². The molecule has 22 heavy (non-hydrogen) atoms. The van der Waals surface area contributed by atoms with Gasteiger partial charge in [-0.2, -0.15) is 0 Å². The second kappa shape index (κ2) is 9.58. The molecule has 0 saturated carbocycles. The summed E-state index contributed by atoms with van der Waals surface area (Å²) in [6.45, 7) is 4.90. The SMILES string of the molecule is CCC=CCCB(c1ccccc1)c1ccccc1SCC. The zero-order valence-electron chi connectivity index (χ0n) is 13.7. The Morgan fingerprint density at radius 2 is 1.64 bits per heavy atom. The van der Waals surface area contributed by atoms with Crippen LogP contribution in [-0.4, -0.2) is 12.5 Å². The minimum absolute atomic E-state index is 0.484. The van der Waals surface area contributed by atoms with Crippen LogP contribution < -0.4 is 10.9 Å². The predicted molar refractivity (Wildman–Crippen MR) is 103 cm³/mol. The van der Waals surface area contributed by atoms with Crippen LogP contribution in [0.1, 0.15) is 26.7 Å². The molecule has 0 bridgehead atoms. The molecule has 0 aromatic heterocycles. The fraction of sp³-hybridized carbons (Fsp3) is 0.300. The van der Waals surface area contributed by atoms with Gasteiger partial charge >= 0.3 is 0 Å². The van der Waals surface area contributed by atoms with Crippen LogP contribution in [0.2, 0.25) is 6.32 Å². The van der Waals surface area contributed by atoms with E-state index in [0.717, 1.165) is 18.6 Å². The molecule has 2 heteroatoms. The van der Waals surface area contributed by atoms with Gasteiger partial charge in [-0.3, -0.25) is 0 Å². The highest BCUT2D eigenvalue weighted by molar-refractivity contribution is 7.99. The Balaban J connectivity index is 2.29. The first-order chi connectivity index (χ1) is 10.9. The highest BCUT2D eigenvalue weighted by atomic mass is 32.2. The van der Waals surface area contributed by atoms with Gasteiger partial charge in [0, 0.05) is 4.90 Å². The van der Waals surface area contributed by atoms with Crippen molar-refractivity contribution in [2.75, 3.05) is 5.75 Å². The molecule has 0 heterocycles. The Bertz CT molecular complexity index is 577. The molecule has 0 aliphatic carbocycles. The fourth-order valence-electron chi connectivity index (χ4n) is 2.79. The standard InChI is InChI=1S/C20H25BS/c1-3-5-6-12-17-21(18-13-8-7-9-14-18)19-15-10-11-16-20(19)22-4-2/h5-11,13-16H,3-4,12,17H2,1-2H3. The van der Waals surface area contributed by atoms with Gasteiger partial charge in [-0.15, -0.1) is 11.8 Å². The van der Waals surface area contributed by atoms with Gasteiger partial charge in [-0.25, -0.2) is 0 Å². The Kier molecular flexibility index (Phi) is 7.38. The van der Waals surface area contributed by atoms with E-state index < -0.39 is 0 Å². The van der Waals surface area contributed by atoms with Crippen molar-refractivity contribution in [3.8, 4) is 0 Å². The Hall–Kier alpha value is -1.41. The molecule has 0 aliphatic rings. The van der Waals surface area contributed by atoms with Gasteiger partial charge in [0.2, 0.25) is 6.71 Å². The summed E-state index contributed by atoms with van der Waals surface area (Å²) in [7, 11) is 0. The van der Waals surface area contributed by atoms with Gasteiger partial charge in [-0.05, 0) is 24.7 Å². The van der Waals surface area contributed by atoms with Crippen LogP contribution in [0.5, 0.6) is 0 Å². The number of rotatable bonds is 8. The van der Waals surface area contributed by atoms with Gasteiger partial charge in [0.05, 0.1) is 0 Å². The van der Waals surface area contributed by atoms with Gasteiger partial charge < -0.3 is 0 Å². The molecule has 114 valence electrons. The molecule has 0 unspecified atom stereocenters. The van der Waals surface area contributed by atoms with Crippen LogP contribution in [0.3, 0.4) is 0 Å². The molecule has 0 spiro atoms. The summed E-state index contributed by atoms with van der Waals surface area (Å²) in [5.74, 6) is 1.12. The molecule has 2 rings (SSSR count). The van der Waals surface area contributed by atoms with E-state index in [1.54, 1.807) is 0 Å². The summed E-state index contributed by atoms with van der Waals surface area (Å²) in [6, 6.07) is 19.8. The molecular weight excluding hydrogens is 283 g/mol. The van der Waals surface area contributed by atoms with Crippen LogP contribution in [0.25, 0.3) is 0 Å². The minimum atomic E-state index is 0.484. The van der Waals surface area contributed by atoms with Crippen molar-refractivity contribution in [3.05, 3.63) is 66.7 Å². The van der Waals surface area contributed by atoms with Gasteiger partial charge in [-0.1, -0.05) is 91.8 Å². The van der Waals surface area contributed by atoms with Crippen molar-refractivity contribution in [2.45, 2.75) is 37.9 Å². The molecule has 0 aliphatic heterocycles. The van der Waals surface area contributed by atoms with Crippen LogP contribution >= 0.6 is 11.8 Å². The lowest BCUT2D eigenvalue weighted by molar-refractivity contribution is 1.14. The molecule has 0 N–H and O–H groups in total. The first-order valence-electron chi connectivity index (χ1n) is 8.28. The van der Waals surface area contributed by atoms with Crippen LogP contribution in [-0.2, 0) is 0 Å². The number of hydrogen-bond acceptors (Lipinski definition) is 1. The zero-order valence-corrected chi connectivity index (χ0v) is 14.5. The summed E-state index contributed by atoms with van der Waals surface area (Å²) in [5.41, 5.74) is 2.90. The van der Waals surface area contributed by atoms with Crippen molar-refractivity contribution in [2.24, 2.45) is 0 Å². The van der Waals surface area contributed by atoms with E-state index in [0.29, 0.717) is 6.71 Å². The second-order valence-corrected chi connectivity index (χ2v) is 6.70. The van der Waals surface area contributed by atoms with E-state index in [9.17, 15) is 0 Å². The van der Waals surface area contributed by atoms with E-state index in [1.165, 1.54) is 22.1 Å². The molecule has 0 fully saturated rings. The average molecular weight is 308 g/mol. The largest absolute Gasteiger partial charge is 0.211 e. The van der Waals surface area contributed by atoms with Crippen LogP contribution in [0.4, 0.5) is 0 Å². The van der Waals surface area contributed by atoms with Crippen molar-refractivity contribution < 1.29 is 0 Å². The van der Waals surface area contributed by atoms with Crippen molar-refractivity contribution in [1.82, 2.24) is 0 Å². The molecule has 0 radical (unpaired) electrons. The quantitative estimate of drug-likeness (QED) is 0.385. The summed E-state index contributed by atoms with van der Waals surface area (Å²) in [5, 5.41) is 0. The molecule has 0 saturated heterocycles. The molecule has 0 atom stereocenters. The minimum Gasteiger partial charge on any atom is -0.127 e. The molecule has 2 aromatic carbocycles. The van der Waals surface area contributed by atoms with Crippen molar-refractivity contribution in [1.29, 1.82) is 0 Å². The third kappa shape index (κ3) is 4.81. The van der Waals surface area contributed by atoms with Gasteiger partial charge in [0.1, 0.15) is 0 Å². The smallest absolute Gasteiger partial charge is 0.127 e. The number of benzene rings is 2. The lowest BCUT2D eigenvalue weighted by Gasteiger charge is -2.17. The van der Waals surface area contributed by atoms with Crippen LogP contribution in [0, 0.1) is 0 Å². The highest BCUT2D eigenvalue weighted by Crippen LogP contribution is 2.17. The number of thioether (sulfide) groups is 1. The Morgan fingerprint density at radius 3 is 2.36 bits per heavy atom. The Labute approximate surface area is 140 Å². The van der Waals surface area contributed by atoms with Gasteiger partial charge in [0.15, 0.2) is 0 Å². The van der Waals surface area contributed by atoms with E-state index in [2.05, 4.69) is 80.6 Å². The molecular formula is C20H25BS. The monoisotopic (exact) mass is 308 g/mol. The molecule has 2 aromatic rings. The maximum Gasteiger partial charge on any atom is 0.211 e. The normalized spacial score (nSPS) is 11.0. The third-order valence-electron chi connectivity index (χ3n) is 3.82. The first-order valence-corrected chi connectivity index (χ1v) is 9.27. The molecule has 0 amide bonds. The molecule has 0 nitrogen and oxygen atoms in total. The maximum atomic E-state index is 2.32. The number of hydrogen-bond donors (Lipinski definition) is 0. The number of allylic oxidation sites excluding steroid dienone is 2. The zero-order chi connectivity index (χ0) is 15.6. The summed E-state index contributed by atoms with van der Waals surface area (Å²) in [4.78, 5) is 1.43. The summed E-state index contributed by atoms with van der Waals surface area (Å²) in [6.07, 6.45) is 8.03. The van der Waals surface area contributed by atoms with Crippen LogP contribution in [0.15, 0.2) is 71.6 Å². The van der Waals surface area contributed by atoms with E-state index in [1.807, 2.05) is 11.8 Å². The highest BCUT2D eigenvalue weighted by Gasteiger charge is 2.20. The van der Waals surface area contributed by atoms with E-state index in [4.69, 9.17) is 0 Å². The third-order valence-corrected chi connectivity index (χ3v) is 4.79. The average Bonchev–Trinajstić information content (AvgIpc) is 2.57. The predicted octanol–water partition coefficient (Wildman–Crippen LogP) is 4.76. The Morgan fingerprint density at radius 1 is 0.909 bits per heavy atom. The van der Waals surface area contributed by atoms with E-state index in [-0.39, 0.29) is 0 Å². The fourth-order valence-corrected chi connectivity index (χ4v) is 3.65. The lowest BCUT2D eigenvalue weighted by atomic mass is 9.38. The summed E-state index contributed by atoms with van der Waals surface area (Å²) < 4.78 is 0. The second-order valence-electron chi connectivity index (χ2n) is 5.39. The summed E-state index contributed by atoms with van der Waals surface area (Å²) >= 11 is 1.95. The lowest BCUT2D eigenvalue weighted by Crippen LogP contribution is -2.42. The maximum absolute atomic E-state index is 2.32. The first kappa shape index (κ1) is 17.0. The van der Waals surface area contributed by atoms with Crippen molar-refractivity contribution in [3.63, 3.8) is 0 Å². The van der Waals surface area contributed by atoms with E-state index >= 15 is 0 Å².